The van der Waals surface area contributed by atoms with Gasteiger partial charge in [-0.2, -0.15) is 0 Å². The highest BCUT2D eigenvalue weighted by atomic mass is 28.4. The fourth-order valence-electron chi connectivity index (χ4n) is 3.15. The van der Waals surface area contributed by atoms with Crippen molar-refractivity contribution in [3.05, 3.63) is 24.3 Å². The topological polar surface area (TPSA) is 135 Å². The molecule has 1 atom stereocenters. The number of nitrogens with one attached hydrogen (secondary N) is 1. The van der Waals surface area contributed by atoms with E-state index < -0.39 is 40.7 Å². The Morgan fingerprint density at radius 1 is 0.850 bits per heavy atom. The fraction of sp³-hybridized carbons (Fsp3) is 0.679. The first-order valence-electron chi connectivity index (χ1n) is 13.7. The van der Waals surface area contributed by atoms with Gasteiger partial charge in [-0.3, -0.25) is 4.79 Å². The normalized spacial score (nSPS) is 13.4. The fourth-order valence-corrected chi connectivity index (χ4v) is 5.22. The van der Waals surface area contributed by atoms with E-state index in [0.29, 0.717) is 26.3 Å². The van der Waals surface area contributed by atoms with E-state index in [9.17, 15) is 19.5 Å². The van der Waals surface area contributed by atoms with E-state index in [1.807, 2.05) is 12.1 Å². The summed E-state index contributed by atoms with van der Waals surface area (Å²) in [4.78, 5) is 36.5. The maximum absolute atomic E-state index is 12.2. The van der Waals surface area contributed by atoms with Gasteiger partial charge in [0.1, 0.15) is 11.8 Å². The second kappa shape index (κ2) is 14.5. The van der Waals surface area contributed by atoms with Crippen LogP contribution in [0.4, 0.5) is 10.5 Å². The van der Waals surface area contributed by atoms with Crippen molar-refractivity contribution in [3.8, 4) is 5.75 Å². The summed E-state index contributed by atoms with van der Waals surface area (Å²) in [5.41, 5.74) is 0.912. The van der Waals surface area contributed by atoms with Crippen molar-refractivity contribution in [2.24, 2.45) is 0 Å². The predicted molar refractivity (Wildman–Crippen MR) is 162 cm³/mol. The number of carbonyl (C=O) groups excluding carboxylic acids is 1. The molecule has 0 heterocycles. The first-order chi connectivity index (χ1) is 18.2. The molecule has 1 amide bonds. The lowest BCUT2D eigenvalue weighted by atomic mass is 10.1. The molecule has 0 aliphatic rings. The molecule has 40 heavy (non-hydrogen) atoms. The average molecular weight is 599 g/mol. The smallest absolute Gasteiger partial charge is 0.413 e. The maximum Gasteiger partial charge on any atom is 0.413 e. The molecule has 0 spiro atoms. The zero-order valence-electron chi connectivity index (χ0n) is 25.9. The number of aliphatic carboxylic acids is 2. The number of ether oxygens (including phenoxy) is 1. The summed E-state index contributed by atoms with van der Waals surface area (Å²) in [7, 11) is -3.82. The molecular formula is C28H50N2O8Si2. The molecule has 3 N–H and O–H groups in total. The Morgan fingerprint density at radius 2 is 1.30 bits per heavy atom. The standard InChI is InChI=1S/C28H50N2O8Si2/c1-27(2,3)39(7,8)36-19-17-30(18-20-37-40(9,10)28(4,5)6)21-11-13-22(14-12-21)38-26(35)29-23(25(33)34)15-16-24(31)32/h11-14,23H,15-20H2,1-10H3,(H,29,35)(H,31,32)(H,33,34)/t23-/m1/s1. The highest BCUT2D eigenvalue weighted by Gasteiger charge is 2.38. The van der Waals surface area contributed by atoms with Gasteiger partial charge in [-0.1, -0.05) is 41.5 Å². The van der Waals surface area contributed by atoms with Crippen LogP contribution in [0, 0.1) is 0 Å². The molecule has 0 radical (unpaired) electrons. The molecule has 0 aliphatic heterocycles. The predicted octanol–water partition coefficient (Wildman–Crippen LogP) is 5.94. The van der Waals surface area contributed by atoms with Gasteiger partial charge in [0.2, 0.25) is 0 Å². The number of benzene rings is 1. The molecule has 0 unspecified atom stereocenters. The first kappa shape index (κ1) is 35.6. The lowest BCUT2D eigenvalue weighted by molar-refractivity contribution is -0.140. The van der Waals surface area contributed by atoms with Crippen LogP contribution in [0.2, 0.25) is 36.3 Å². The highest BCUT2D eigenvalue weighted by molar-refractivity contribution is 6.74. The van der Waals surface area contributed by atoms with Crippen molar-refractivity contribution in [2.75, 3.05) is 31.2 Å². The van der Waals surface area contributed by atoms with Gasteiger partial charge in [0.05, 0.1) is 13.2 Å². The molecule has 1 aromatic rings. The SMILES string of the molecule is CC(C)(C)[Si](C)(C)OCCN(CCO[Si](C)(C)C(C)(C)C)c1ccc(OC(=O)N[C@H](CCC(=O)O)C(=O)O)cc1. The van der Waals surface area contributed by atoms with Gasteiger partial charge in [0.15, 0.2) is 16.6 Å². The Morgan fingerprint density at radius 3 is 1.68 bits per heavy atom. The summed E-state index contributed by atoms with van der Waals surface area (Å²) in [5.74, 6) is -2.24. The number of hydrogen-bond acceptors (Lipinski definition) is 7. The molecule has 0 fully saturated rings. The minimum absolute atomic E-state index is 0.107. The van der Waals surface area contributed by atoms with Crippen LogP contribution in [0.5, 0.6) is 5.75 Å². The Balaban J connectivity index is 2.94. The van der Waals surface area contributed by atoms with Crippen molar-refractivity contribution in [1.82, 2.24) is 5.32 Å². The van der Waals surface area contributed by atoms with Crippen LogP contribution in [0.1, 0.15) is 54.4 Å². The molecule has 0 saturated carbocycles. The summed E-state index contributed by atoms with van der Waals surface area (Å²) in [5, 5.41) is 20.5. The van der Waals surface area contributed by atoms with Crippen LogP contribution < -0.4 is 15.0 Å². The Kier molecular flexibility index (Phi) is 12.9. The van der Waals surface area contributed by atoms with Crippen molar-refractivity contribution >= 4 is 40.4 Å². The van der Waals surface area contributed by atoms with Gasteiger partial charge >= 0.3 is 18.0 Å². The quantitative estimate of drug-likeness (QED) is 0.210. The summed E-state index contributed by atoms with van der Waals surface area (Å²) in [6.07, 6.45) is -1.60. The van der Waals surface area contributed by atoms with E-state index in [4.69, 9.17) is 18.7 Å². The number of carboxylic acids is 2. The Bertz CT molecular complexity index is 954. The lowest BCUT2D eigenvalue weighted by Gasteiger charge is -2.38. The van der Waals surface area contributed by atoms with E-state index in [2.05, 4.69) is 77.9 Å². The largest absolute Gasteiger partial charge is 0.481 e. The van der Waals surface area contributed by atoms with Gasteiger partial charge < -0.3 is 34.0 Å². The van der Waals surface area contributed by atoms with E-state index in [1.165, 1.54) is 0 Å². The number of hydrogen-bond donors (Lipinski definition) is 3. The third kappa shape index (κ3) is 11.6. The number of carbonyl (C=O) groups is 3. The summed E-state index contributed by atoms with van der Waals surface area (Å²) in [6.45, 7) is 24.7. The van der Waals surface area contributed by atoms with Crippen LogP contribution in [-0.2, 0) is 18.4 Å². The van der Waals surface area contributed by atoms with E-state index >= 15 is 0 Å². The molecule has 0 saturated heterocycles. The third-order valence-electron chi connectivity index (χ3n) is 7.91. The lowest BCUT2D eigenvalue weighted by Crippen LogP contribution is -2.44. The van der Waals surface area contributed by atoms with Crippen molar-refractivity contribution in [3.63, 3.8) is 0 Å². The molecule has 1 rings (SSSR count). The van der Waals surface area contributed by atoms with Crippen LogP contribution in [0.3, 0.4) is 0 Å². The molecule has 0 aromatic heterocycles. The summed E-state index contributed by atoms with van der Waals surface area (Å²) < 4.78 is 18.1. The average Bonchev–Trinajstić information content (AvgIpc) is 2.79. The highest BCUT2D eigenvalue weighted by Crippen LogP contribution is 2.37. The van der Waals surface area contributed by atoms with Crippen molar-refractivity contribution in [2.45, 2.75) is 96.7 Å². The number of carboxylic acid groups (broad SMARTS) is 2. The third-order valence-corrected chi connectivity index (χ3v) is 17.0. The molecule has 1 aromatic carbocycles. The van der Waals surface area contributed by atoms with Gasteiger partial charge in [0.25, 0.3) is 0 Å². The molecule has 0 bridgehead atoms. The summed E-state index contributed by atoms with van der Waals surface area (Å²) >= 11 is 0. The second-order valence-electron chi connectivity index (χ2n) is 13.1. The minimum atomic E-state index is -1.91. The van der Waals surface area contributed by atoms with E-state index in [-0.39, 0.29) is 28.7 Å². The Labute approximate surface area is 241 Å². The monoisotopic (exact) mass is 598 g/mol. The first-order valence-corrected chi connectivity index (χ1v) is 19.5. The number of amides is 1. The zero-order chi connectivity index (χ0) is 30.9. The molecule has 10 nitrogen and oxygen atoms in total. The van der Waals surface area contributed by atoms with Crippen LogP contribution in [0.15, 0.2) is 24.3 Å². The Hall–Kier alpha value is -2.42. The van der Waals surface area contributed by atoms with Crippen molar-refractivity contribution in [1.29, 1.82) is 0 Å². The van der Waals surface area contributed by atoms with Crippen LogP contribution in [0.25, 0.3) is 0 Å². The number of nitrogens with zero attached hydrogens (tertiary/aromatic N) is 1. The van der Waals surface area contributed by atoms with Gasteiger partial charge in [-0.25, -0.2) is 9.59 Å². The molecular weight excluding hydrogens is 548 g/mol. The molecule has 12 heteroatoms. The van der Waals surface area contributed by atoms with Gasteiger partial charge in [-0.15, -0.1) is 0 Å². The van der Waals surface area contributed by atoms with Crippen LogP contribution >= 0.6 is 0 Å². The van der Waals surface area contributed by atoms with E-state index in [1.54, 1.807) is 12.1 Å². The van der Waals surface area contributed by atoms with E-state index in [0.717, 1.165) is 5.69 Å². The van der Waals surface area contributed by atoms with Gasteiger partial charge in [-0.05, 0) is 67.0 Å². The second-order valence-corrected chi connectivity index (χ2v) is 22.7. The van der Waals surface area contributed by atoms with Crippen LogP contribution in [-0.4, -0.2) is 77.2 Å². The minimum Gasteiger partial charge on any atom is -0.481 e. The number of rotatable bonds is 15. The maximum atomic E-state index is 12.2. The summed E-state index contributed by atoms with van der Waals surface area (Å²) in [6, 6.07) is 5.58. The molecule has 228 valence electrons. The zero-order valence-corrected chi connectivity index (χ0v) is 27.9. The number of anilines is 1. The van der Waals surface area contributed by atoms with Crippen molar-refractivity contribution < 1.29 is 38.2 Å². The molecule has 0 aliphatic carbocycles. The van der Waals surface area contributed by atoms with Gasteiger partial charge in [0, 0.05) is 25.2 Å².